The van der Waals surface area contributed by atoms with Crippen molar-refractivity contribution < 1.29 is 23.7 Å². The van der Waals surface area contributed by atoms with E-state index in [2.05, 4.69) is 5.32 Å². The molecule has 3 aromatic carbocycles. The molecule has 0 saturated carbocycles. The fourth-order valence-electron chi connectivity index (χ4n) is 2.98. The number of halogens is 2. The second-order valence-corrected chi connectivity index (χ2v) is 7.60. The van der Waals surface area contributed by atoms with Gasteiger partial charge >= 0.3 is 0 Å². The average Bonchev–Trinajstić information content (AvgIpc) is 2.83. The van der Waals surface area contributed by atoms with Gasteiger partial charge in [0.25, 0.3) is 0 Å². The molecule has 0 spiro atoms. The Kier molecular flexibility index (Phi) is 8.46. The van der Waals surface area contributed by atoms with Crippen LogP contribution >= 0.6 is 23.2 Å². The van der Waals surface area contributed by atoms with Crippen LogP contribution in [-0.4, -0.2) is 27.2 Å². The number of amides is 1. The van der Waals surface area contributed by atoms with E-state index >= 15 is 0 Å². The first-order chi connectivity index (χ1) is 15.9. The van der Waals surface area contributed by atoms with E-state index in [0.717, 1.165) is 5.56 Å². The Morgan fingerprint density at radius 3 is 2.27 bits per heavy atom. The van der Waals surface area contributed by atoms with Crippen LogP contribution in [0.3, 0.4) is 0 Å². The Bertz CT molecular complexity index is 1140. The first-order valence-electron chi connectivity index (χ1n) is 9.90. The summed E-state index contributed by atoms with van der Waals surface area (Å²) in [5.74, 6) is 1.85. The average molecular weight is 488 g/mol. The number of anilines is 1. The fourth-order valence-corrected chi connectivity index (χ4v) is 3.48. The summed E-state index contributed by atoms with van der Waals surface area (Å²) in [6.07, 6.45) is 3.09. The van der Waals surface area contributed by atoms with Gasteiger partial charge in [-0.1, -0.05) is 35.3 Å². The van der Waals surface area contributed by atoms with Crippen LogP contribution in [0.1, 0.15) is 11.1 Å². The summed E-state index contributed by atoms with van der Waals surface area (Å²) >= 11 is 12.4. The van der Waals surface area contributed by atoms with Gasteiger partial charge in [0.05, 0.1) is 27.0 Å². The van der Waals surface area contributed by atoms with Crippen molar-refractivity contribution in [2.75, 3.05) is 26.6 Å². The van der Waals surface area contributed by atoms with Crippen LogP contribution in [-0.2, 0) is 11.4 Å². The van der Waals surface area contributed by atoms with Gasteiger partial charge < -0.3 is 24.3 Å². The number of carbonyl (C=O) groups excluding carboxylic acids is 1. The molecule has 3 aromatic rings. The van der Waals surface area contributed by atoms with Crippen molar-refractivity contribution >= 4 is 40.9 Å². The molecule has 1 amide bonds. The van der Waals surface area contributed by atoms with Gasteiger partial charge in [-0.15, -0.1) is 0 Å². The maximum absolute atomic E-state index is 12.4. The fraction of sp³-hybridized carbons (Fsp3) is 0.160. The first kappa shape index (κ1) is 24.3. The number of hydrogen-bond donors (Lipinski definition) is 1. The number of hydrogen-bond acceptors (Lipinski definition) is 5. The van der Waals surface area contributed by atoms with E-state index in [9.17, 15) is 4.79 Å². The Morgan fingerprint density at radius 2 is 1.61 bits per heavy atom. The number of carbonyl (C=O) groups is 1. The lowest BCUT2D eigenvalue weighted by Gasteiger charge is -2.13. The zero-order valence-corrected chi connectivity index (χ0v) is 19.9. The van der Waals surface area contributed by atoms with Gasteiger partial charge in [0.15, 0.2) is 11.5 Å². The molecule has 0 saturated heterocycles. The quantitative estimate of drug-likeness (QED) is 0.361. The highest BCUT2D eigenvalue weighted by Gasteiger charge is 2.10. The van der Waals surface area contributed by atoms with Crippen molar-refractivity contribution in [3.8, 4) is 23.0 Å². The van der Waals surface area contributed by atoms with Crippen LogP contribution in [0.15, 0.2) is 60.7 Å². The summed E-state index contributed by atoms with van der Waals surface area (Å²) in [4.78, 5) is 12.4. The first-order valence-corrected chi connectivity index (χ1v) is 10.7. The van der Waals surface area contributed by atoms with Crippen molar-refractivity contribution in [2.24, 2.45) is 0 Å². The lowest BCUT2D eigenvalue weighted by molar-refractivity contribution is -0.111. The van der Waals surface area contributed by atoms with Crippen LogP contribution in [0.2, 0.25) is 10.0 Å². The van der Waals surface area contributed by atoms with E-state index in [1.54, 1.807) is 68.8 Å². The molecule has 0 aliphatic rings. The molecule has 172 valence electrons. The summed E-state index contributed by atoms with van der Waals surface area (Å²) < 4.78 is 21.8. The summed E-state index contributed by atoms with van der Waals surface area (Å²) in [5.41, 5.74) is 1.98. The molecule has 8 heteroatoms. The lowest BCUT2D eigenvalue weighted by Crippen LogP contribution is -2.09. The smallest absolute Gasteiger partial charge is 0.248 e. The van der Waals surface area contributed by atoms with E-state index in [1.807, 2.05) is 6.07 Å². The van der Waals surface area contributed by atoms with Gasteiger partial charge in [0.2, 0.25) is 5.91 Å². The number of rotatable bonds is 9. The molecule has 0 radical (unpaired) electrons. The van der Waals surface area contributed by atoms with Crippen LogP contribution in [0, 0.1) is 0 Å². The number of methoxy groups -OCH3 is 3. The van der Waals surface area contributed by atoms with Gasteiger partial charge in [-0.3, -0.25) is 4.79 Å². The molecule has 0 aromatic heterocycles. The molecule has 0 unspecified atom stereocenters. The SMILES string of the molecule is COc1ccc(NC(=O)/C=C/c2ccc(OCc3c(Cl)cccc3Cl)c(OC)c2)c(OC)c1. The summed E-state index contributed by atoms with van der Waals surface area (Å²) in [6, 6.07) is 15.8. The molecule has 0 fully saturated rings. The Hall–Kier alpha value is -3.35. The van der Waals surface area contributed by atoms with Gasteiger partial charge in [-0.05, 0) is 48.0 Å². The highest BCUT2D eigenvalue weighted by Crippen LogP contribution is 2.32. The summed E-state index contributed by atoms with van der Waals surface area (Å²) in [5, 5.41) is 3.84. The highest BCUT2D eigenvalue weighted by atomic mass is 35.5. The second-order valence-electron chi connectivity index (χ2n) is 6.79. The van der Waals surface area contributed by atoms with Crippen molar-refractivity contribution in [1.82, 2.24) is 0 Å². The van der Waals surface area contributed by atoms with Gasteiger partial charge in [-0.25, -0.2) is 0 Å². The number of ether oxygens (including phenoxy) is 4. The molecule has 33 heavy (non-hydrogen) atoms. The topological polar surface area (TPSA) is 66.0 Å². The third-order valence-electron chi connectivity index (χ3n) is 4.72. The van der Waals surface area contributed by atoms with Gasteiger partial charge in [0, 0.05) is 27.8 Å². The minimum Gasteiger partial charge on any atom is -0.497 e. The van der Waals surface area contributed by atoms with Crippen molar-refractivity contribution in [2.45, 2.75) is 6.61 Å². The van der Waals surface area contributed by atoms with E-state index in [1.165, 1.54) is 13.2 Å². The predicted octanol–water partition coefficient (Wildman–Crippen LogP) is 6.25. The van der Waals surface area contributed by atoms with Crippen molar-refractivity contribution in [3.63, 3.8) is 0 Å². The van der Waals surface area contributed by atoms with E-state index in [0.29, 0.717) is 44.3 Å². The lowest BCUT2D eigenvalue weighted by atomic mass is 10.2. The maximum atomic E-state index is 12.4. The van der Waals surface area contributed by atoms with Gasteiger partial charge in [-0.2, -0.15) is 0 Å². The van der Waals surface area contributed by atoms with Crippen LogP contribution in [0.25, 0.3) is 6.08 Å². The maximum Gasteiger partial charge on any atom is 0.248 e. The van der Waals surface area contributed by atoms with Crippen LogP contribution in [0.5, 0.6) is 23.0 Å². The molecule has 1 N–H and O–H groups in total. The Balaban J connectivity index is 1.68. The minimum absolute atomic E-state index is 0.191. The molecular weight excluding hydrogens is 465 g/mol. The normalized spacial score (nSPS) is 10.7. The van der Waals surface area contributed by atoms with Crippen LogP contribution in [0.4, 0.5) is 5.69 Å². The third-order valence-corrected chi connectivity index (χ3v) is 5.42. The highest BCUT2D eigenvalue weighted by molar-refractivity contribution is 6.35. The van der Waals surface area contributed by atoms with Crippen molar-refractivity contribution in [3.05, 3.63) is 81.8 Å². The molecule has 0 aliphatic carbocycles. The zero-order chi connectivity index (χ0) is 23.8. The van der Waals surface area contributed by atoms with Gasteiger partial charge in [0.1, 0.15) is 18.1 Å². The molecule has 0 heterocycles. The zero-order valence-electron chi connectivity index (χ0n) is 18.4. The Labute approximate surface area is 202 Å². The molecule has 3 rings (SSSR count). The molecule has 0 bridgehead atoms. The second kappa shape index (κ2) is 11.5. The largest absolute Gasteiger partial charge is 0.497 e. The molecular formula is C25H23Cl2NO5. The summed E-state index contributed by atoms with van der Waals surface area (Å²) in [7, 11) is 4.63. The standard InChI is InChI=1S/C25H23Cl2NO5/c1-30-17-9-10-21(23(14-17)31-2)28-25(29)12-8-16-7-11-22(24(13-16)32-3)33-15-18-19(26)5-4-6-20(18)27/h4-14H,15H2,1-3H3,(H,28,29)/b12-8+. The van der Waals surface area contributed by atoms with Crippen molar-refractivity contribution in [1.29, 1.82) is 0 Å². The van der Waals surface area contributed by atoms with E-state index < -0.39 is 0 Å². The Morgan fingerprint density at radius 1 is 0.879 bits per heavy atom. The third kappa shape index (κ3) is 6.34. The minimum atomic E-state index is -0.314. The molecule has 6 nitrogen and oxygen atoms in total. The predicted molar refractivity (Wildman–Crippen MR) is 131 cm³/mol. The van der Waals surface area contributed by atoms with Crippen LogP contribution < -0.4 is 24.3 Å². The van der Waals surface area contributed by atoms with E-state index in [4.69, 9.17) is 42.1 Å². The summed E-state index contributed by atoms with van der Waals surface area (Å²) in [6.45, 7) is 0.191. The number of benzene rings is 3. The van der Waals surface area contributed by atoms with E-state index in [-0.39, 0.29) is 12.5 Å². The molecule has 0 atom stereocenters. The number of nitrogens with one attached hydrogen (secondary N) is 1. The monoisotopic (exact) mass is 487 g/mol. The molecule has 0 aliphatic heterocycles.